The molecule has 4 heteroatoms. The Bertz CT molecular complexity index is 408. The minimum atomic E-state index is 0.722. The highest BCUT2D eigenvalue weighted by Gasteiger charge is 2.51. The molecule has 4 saturated heterocycles. The molecule has 4 heterocycles. The van der Waals surface area contributed by atoms with Gasteiger partial charge in [-0.15, -0.1) is 0 Å². The van der Waals surface area contributed by atoms with E-state index in [2.05, 4.69) is 54.2 Å². The summed E-state index contributed by atoms with van der Waals surface area (Å²) in [4.78, 5) is 10.3. The molecule has 0 aromatic carbocycles. The summed E-state index contributed by atoms with van der Waals surface area (Å²) in [6.45, 7) is 26.0. The maximum absolute atomic E-state index is 2.61. The van der Waals surface area contributed by atoms with E-state index in [4.69, 9.17) is 0 Å². The third-order valence-electron chi connectivity index (χ3n) is 8.10. The van der Waals surface area contributed by atoms with Crippen molar-refractivity contribution in [1.29, 1.82) is 0 Å². The molecule has 158 valence electrons. The second-order valence-electron chi connectivity index (χ2n) is 10.2. The standard InChI is InChI=1S/C13H26N2.C10H20N2/c1-3-14-9-5-13(6-10-14)7-11-15(4-2)12-8-13;1-4-11-5-10(6-11)7-12(8-10)9(2)3/h3-12H2,1-2H3;9H,4-8H2,1-3H3. The van der Waals surface area contributed by atoms with Crippen LogP contribution in [0.1, 0.15) is 60.3 Å². The van der Waals surface area contributed by atoms with E-state index in [9.17, 15) is 0 Å². The SMILES string of the molecule is CCN1CC2(C1)CN(C(C)C)C2.CCN1CCC2(CC1)CCN(CC)CC2. The van der Waals surface area contributed by atoms with Gasteiger partial charge >= 0.3 is 0 Å². The molecule has 0 aromatic heterocycles. The molecule has 0 atom stereocenters. The zero-order chi connectivity index (χ0) is 19.5. The van der Waals surface area contributed by atoms with Crippen LogP contribution in [0.3, 0.4) is 0 Å². The number of likely N-dealkylation sites (tertiary alicyclic amines) is 4. The molecule has 4 nitrogen and oxygen atoms in total. The van der Waals surface area contributed by atoms with Crippen LogP contribution in [0.25, 0.3) is 0 Å². The quantitative estimate of drug-likeness (QED) is 0.744. The van der Waals surface area contributed by atoms with Crippen LogP contribution < -0.4 is 0 Å². The lowest BCUT2D eigenvalue weighted by molar-refractivity contribution is -0.123. The van der Waals surface area contributed by atoms with E-state index in [0.29, 0.717) is 0 Å². The second kappa shape index (κ2) is 9.11. The molecule has 0 saturated carbocycles. The van der Waals surface area contributed by atoms with E-state index in [0.717, 1.165) is 16.9 Å². The smallest absolute Gasteiger partial charge is 0.0212 e. The summed E-state index contributed by atoms with van der Waals surface area (Å²) < 4.78 is 0. The lowest BCUT2D eigenvalue weighted by Gasteiger charge is -2.61. The zero-order valence-electron chi connectivity index (χ0n) is 19.0. The highest BCUT2D eigenvalue weighted by atomic mass is 15.3. The zero-order valence-corrected chi connectivity index (χ0v) is 19.0. The molecule has 4 fully saturated rings. The second-order valence-corrected chi connectivity index (χ2v) is 10.2. The van der Waals surface area contributed by atoms with Crippen molar-refractivity contribution in [2.75, 3.05) is 72.0 Å². The van der Waals surface area contributed by atoms with E-state index in [1.165, 1.54) is 97.7 Å². The highest BCUT2D eigenvalue weighted by molar-refractivity contribution is 5.05. The van der Waals surface area contributed by atoms with E-state index < -0.39 is 0 Å². The van der Waals surface area contributed by atoms with Gasteiger partial charge < -0.3 is 14.7 Å². The first-order valence-electron chi connectivity index (χ1n) is 11.8. The fourth-order valence-electron chi connectivity index (χ4n) is 5.69. The third kappa shape index (κ3) is 5.07. The first kappa shape index (κ1) is 21.5. The normalized spacial score (nSPS) is 28.7. The summed E-state index contributed by atoms with van der Waals surface area (Å²) in [6.07, 6.45) is 5.83. The molecule has 0 aromatic rings. The minimum Gasteiger partial charge on any atom is -0.304 e. The fourth-order valence-corrected chi connectivity index (χ4v) is 5.69. The van der Waals surface area contributed by atoms with Crippen molar-refractivity contribution in [2.24, 2.45) is 10.8 Å². The fraction of sp³-hybridized carbons (Fsp3) is 1.00. The minimum absolute atomic E-state index is 0.722. The molecular weight excluding hydrogens is 332 g/mol. The van der Waals surface area contributed by atoms with E-state index >= 15 is 0 Å². The van der Waals surface area contributed by atoms with Gasteiger partial charge in [-0.25, -0.2) is 0 Å². The predicted molar refractivity (Wildman–Crippen MR) is 116 cm³/mol. The first-order chi connectivity index (χ1) is 12.9. The van der Waals surface area contributed by atoms with Gasteiger partial charge in [0, 0.05) is 37.6 Å². The Labute approximate surface area is 169 Å². The Balaban J connectivity index is 0.000000159. The molecule has 4 aliphatic heterocycles. The molecule has 0 radical (unpaired) electrons. The topological polar surface area (TPSA) is 13.0 Å². The molecule has 27 heavy (non-hydrogen) atoms. The van der Waals surface area contributed by atoms with Gasteiger partial charge in [-0.2, -0.15) is 0 Å². The largest absolute Gasteiger partial charge is 0.304 e. The van der Waals surface area contributed by atoms with E-state index in [1.54, 1.807) is 0 Å². The van der Waals surface area contributed by atoms with Crippen LogP contribution in [0.5, 0.6) is 0 Å². The van der Waals surface area contributed by atoms with Gasteiger partial charge in [0.2, 0.25) is 0 Å². The van der Waals surface area contributed by atoms with Gasteiger partial charge in [0.05, 0.1) is 0 Å². The van der Waals surface area contributed by atoms with Gasteiger partial charge in [-0.05, 0) is 90.8 Å². The Hall–Kier alpha value is -0.160. The molecule has 4 aliphatic rings. The van der Waals surface area contributed by atoms with Crippen molar-refractivity contribution in [2.45, 2.75) is 66.3 Å². The van der Waals surface area contributed by atoms with Crippen molar-refractivity contribution in [3.8, 4) is 0 Å². The van der Waals surface area contributed by atoms with E-state index in [-0.39, 0.29) is 0 Å². The Morgan fingerprint density at radius 1 is 0.593 bits per heavy atom. The van der Waals surface area contributed by atoms with Crippen LogP contribution in [0.2, 0.25) is 0 Å². The lowest BCUT2D eigenvalue weighted by Crippen LogP contribution is -2.72. The summed E-state index contributed by atoms with van der Waals surface area (Å²) in [5, 5.41) is 0. The Kier molecular flexibility index (Phi) is 7.27. The lowest BCUT2D eigenvalue weighted by atomic mass is 9.71. The maximum Gasteiger partial charge on any atom is 0.0212 e. The monoisotopic (exact) mass is 378 g/mol. The van der Waals surface area contributed by atoms with E-state index in [1.807, 2.05) is 0 Å². The van der Waals surface area contributed by atoms with Gasteiger partial charge in [-0.1, -0.05) is 20.8 Å². The molecule has 0 unspecified atom stereocenters. The van der Waals surface area contributed by atoms with Crippen molar-refractivity contribution in [3.63, 3.8) is 0 Å². The average molecular weight is 379 g/mol. The number of nitrogens with zero attached hydrogens (tertiary/aromatic N) is 4. The van der Waals surface area contributed by atoms with Crippen molar-refractivity contribution in [1.82, 2.24) is 19.6 Å². The van der Waals surface area contributed by atoms with Crippen molar-refractivity contribution < 1.29 is 0 Å². The van der Waals surface area contributed by atoms with Crippen LogP contribution in [0.4, 0.5) is 0 Å². The number of piperidine rings is 2. The molecule has 4 rings (SSSR count). The van der Waals surface area contributed by atoms with Crippen LogP contribution in [0.15, 0.2) is 0 Å². The summed E-state index contributed by atoms with van der Waals surface area (Å²) in [5.41, 5.74) is 1.46. The third-order valence-corrected chi connectivity index (χ3v) is 8.10. The molecule has 0 bridgehead atoms. The van der Waals surface area contributed by atoms with Crippen LogP contribution in [-0.2, 0) is 0 Å². The first-order valence-corrected chi connectivity index (χ1v) is 11.8. The summed E-state index contributed by atoms with van der Waals surface area (Å²) in [6, 6.07) is 0.756. The van der Waals surface area contributed by atoms with Crippen LogP contribution in [0, 0.1) is 10.8 Å². The molecule has 0 aliphatic carbocycles. The van der Waals surface area contributed by atoms with Gasteiger partial charge in [0.25, 0.3) is 0 Å². The molecular formula is C23H46N4. The van der Waals surface area contributed by atoms with Crippen LogP contribution >= 0.6 is 0 Å². The Morgan fingerprint density at radius 3 is 1.33 bits per heavy atom. The van der Waals surface area contributed by atoms with Gasteiger partial charge in [0.15, 0.2) is 0 Å². The predicted octanol–water partition coefficient (Wildman–Crippen LogP) is 3.24. The molecule has 2 spiro atoms. The molecule has 0 N–H and O–H groups in total. The average Bonchev–Trinajstić information content (AvgIpc) is 2.61. The van der Waals surface area contributed by atoms with Crippen molar-refractivity contribution >= 4 is 0 Å². The van der Waals surface area contributed by atoms with Crippen molar-refractivity contribution in [3.05, 3.63) is 0 Å². The summed E-state index contributed by atoms with van der Waals surface area (Å²) in [5.74, 6) is 0. The maximum atomic E-state index is 2.61. The molecule has 0 amide bonds. The number of hydrogen-bond acceptors (Lipinski definition) is 4. The van der Waals surface area contributed by atoms with Crippen LogP contribution in [-0.4, -0.2) is 97.6 Å². The van der Waals surface area contributed by atoms with Gasteiger partial charge in [-0.3, -0.25) is 4.90 Å². The number of hydrogen-bond donors (Lipinski definition) is 0. The Morgan fingerprint density at radius 2 is 1.00 bits per heavy atom. The van der Waals surface area contributed by atoms with Gasteiger partial charge in [0.1, 0.15) is 0 Å². The highest BCUT2D eigenvalue weighted by Crippen LogP contribution is 2.41. The summed E-state index contributed by atoms with van der Waals surface area (Å²) in [7, 11) is 0. The summed E-state index contributed by atoms with van der Waals surface area (Å²) >= 11 is 0. The number of rotatable bonds is 4.